The van der Waals surface area contributed by atoms with Gasteiger partial charge in [0.05, 0.1) is 17.9 Å². The predicted molar refractivity (Wildman–Crippen MR) is 90.3 cm³/mol. The molecule has 7 nitrogen and oxygen atoms in total. The summed E-state index contributed by atoms with van der Waals surface area (Å²) in [5, 5.41) is 13.6. The van der Waals surface area contributed by atoms with Crippen LogP contribution in [0.25, 0.3) is 0 Å². The monoisotopic (exact) mass is 328 g/mol. The minimum atomic E-state index is -0.415. The van der Waals surface area contributed by atoms with E-state index >= 15 is 0 Å². The molecule has 2 N–H and O–H groups in total. The lowest BCUT2D eigenvalue weighted by atomic mass is 10.2. The summed E-state index contributed by atoms with van der Waals surface area (Å²) >= 11 is 0. The maximum absolute atomic E-state index is 12.0. The second-order valence-electron chi connectivity index (χ2n) is 5.32. The third-order valence-electron chi connectivity index (χ3n) is 3.00. The molecule has 0 saturated carbocycles. The van der Waals surface area contributed by atoms with Gasteiger partial charge in [-0.25, -0.2) is 4.79 Å². The number of hydrogen-bond donors (Lipinski definition) is 2. The molecular formula is C17H20N4O3. The topological polar surface area (TPSA) is 93.2 Å². The average molecular weight is 328 g/mol. The minimum absolute atomic E-state index is 0.0218. The zero-order chi connectivity index (χ0) is 17.5. The van der Waals surface area contributed by atoms with Crippen molar-refractivity contribution < 1.29 is 14.3 Å². The molecule has 0 fully saturated rings. The molecule has 0 spiro atoms. The second kappa shape index (κ2) is 8.05. The van der Waals surface area contributed by atoms with Gasteiger partial charge in [0.25, 0.3) is 5.91 Å². The van der Waals surface area contributed by atoms with Gasteiger partial charge in [0, 0.05) is 6.04 Å². The fourth-order valence-corrected chi connectivity index (χ4v) is 1.97. The lowest BCUT2D eigenvalue weighted by Gasteiger charge is -2.11. The van der Waals surface area contributed by atoms with Gasteiger partial charge in [-0.15, -0.1) is 10.2 Å². The van der Waals surface area contributed by atoms with Crippen molar-refractivity contribution in [1.29, 1.82) is 0 Å². The Hall–Kier alpha value is -2.96. The standard InChI is InChI=1S/C17H20N4O3/c1-4-24-17(23)12-7-5-6-8-13(12)19-15-10-9-14(20-21-15)16(22)18-11(2)3/h5-11H,4H2,1-3H3,(H,18,22)(H,19,21). The van der Waals surface area contributed by atoms with Gasteiger partial charge in [-0.1, -0.05) is 12.1 Å². The van der Waals surface area contributed by atoms with Gasteiger partial charge in [-0.2, -0.15) is 0 Å². The lowest BCUT2D eigenvalue weighted by molar-refractivity contribution is 0.0527. The minimum Gasteiger partial charge on any atom is -0.462 e. The van der Waals surface area contributed by atoms with Gasteiger partial charge >= 0.3 is 5.97 Å². The number of benzene rings is 1. The lowest BCUT2D eigenvalue weighted by Crippen LogP contribution is -2.30. The fraction of sp³-hybridized carbons (Fsp3) is 0.294. The number of anilines is 2. The molecule has 1 aromatic carbocycles. The number of rotatable bonds is 6. The maximum atomic E-state index is 12.0. The third kappa shape index (κ3) is 4.52. The Morgan fingerprint density at radius 2 is 1.88 bits per heavy atom. The molecule has 0 radical (unpaired) electrons. The van der Waals surface area contributed by atoms with E-state index in [4.69, 9.17) is 4.74 Å². The van der Waals surface area contributed by atoms with Crippen molar-refractivity contribution in [1.82, 2.24) is 15.5 Å². The van der Waals surface area contributed by atoms with E-state index in [1.165, 1.54) is 0 Å². The molecule has 0 aliphatic heterocycles. The molecule has 1 aromatic heterocycles. The number of hydrogen-bond acceptors (Lipinski definition) is 6. The highest BCUT2D eigenvalue weighted by Gasteiger charge is 2.13. The molecule has 126 valence electrons. The quantitative estimate of drug-likeness (QED) is 0.792. The molecule has 0 saturated heterocycles. The summed E-state index contributed by atoms with van der Waals surface area (Å²) in [5.41, 5.74) is 1.19. The van der Waals surface area contributed by atoms with Crippen molar-refractivity contribution in [2.24, 2.45) is 0 Å². The van der Waals surface area contributed by atoms with Crippen LogP contribution >= 0.6 is 0 Å². The molecule has 24 heavy (non-hydrogen) atoms. The Morgan fingerprint density at radius 3 is 2.50 bits per heavy atom. The highest BCUT2D eigenvalue weighted by molar-refractivity contribution is 5.96. The van der Waals surface area contributed by atoms with Crippen molar-refractivity contribution in [2.75, 3.05) is 11.9 Å². The fourth-order valence-electron chi connectivity index (χ4n) is 1.97. The third-order valence-corrected chi connectivity index (χ3v) is 3.00. The summed E-state index contributed by atoms with van der Waals surface area (Å²) < 4.78 is 5.03. The molecule has 2 aromatic rings. The molecule has 7 heteroatoms. The van der Waals surface area contributed by atoms with Crippen LogP contribution in [0.1, 0.15) is 41.6 Å². The molecular weight excluding hydrogens is 308 g/mol. The second-order valence-corrected chi connectivity index (χ2v) is 5.32. The number of carbonyl (C=O) groups is 2. The molecule has 0 aliphatic carbocycles. The van der Waals surface area contributed by atoms with Crippen LogP contribution in [0.4, 0.5) is 11.5 Å². The summed E-state index contributed by atoms with van der Waals surface area (Å²) in [6, 6.07) is 10.2. The first kappa shape index (κ1) is 17.4. The van der Waals surface area contributed by atoms with Crippen LogP contribution in [0.15, 0.2) is 36.4 Å². The summed E-state index contributed by atoms with van der Waals surface area (Å²) in [4.78, 5) is 23.8. The van der Waals surface area contributed by atoms with Crippen LogP contribution in [0.5, 0.6) is 0 Å². The maximum Gasteiger partial charge on any atom is 0.340 e. The van der Waals surface area contributed by atoms with E-state index < -0.39 is 5.97 Å². The van der Waals surface area contributed by atoms with Gasteiger partial charge in [0.1, 0.15) is 0 Å². The van der Waals surface area contributed by atoms with Crippen LogP contribution < -0.4 is 10.6 Å². The highest BCUT2D eigenvalue weighted by atomic mass is 16.5. The smallest absolute Gasteiger partial charge is 0.340 e. The summed E-state index contributed by atoms with van der Waals surface area (Å²) in [6.07, 6.45) is 0. The first-order valence-corrected chi connectivity index (χ1v) is 7.69. The van der Waals surface area contributed by atoms with Gasteiger partial charge in [0.2, 0.25) is 0 Å². The molecule has 1 amide bonds. The molecule has 0 aliphatic rings. The van der Waals surface area contributed by atoms with E-state index in [1.807, 2.05) is 13.8 Å². The van der Waals surface area contributed by atoms with Crippen LogP contribution in [0.2, 0.25) is 0 Å². The molecule has 1 heterocycles. The number of nitrogens with one attached hydrogen (secondary N) is 2. The number of para-hydroxylation sites is 1. The van der Waals surface area contributed by atoms with Crippen LogP contribution in [-0.4, -0.2) is 34.7 Å². The van der Waals surface area contributed by atoms with Gasteiger partial charge in [0.15, 0.2) is 11.5 Å². The molecule has 0 unspecified atom stereocenters. The Kier molecular flexibility index (Phi) is 5.83. The first-order chi connectivity index (χ1) is 11.5. The van der Waals surface area contributed by atoms with Crippen molar-refractivity contribution in [3.8, 4) is 0 Å². The number of nitrogens with zero attached hydrogens (tertiary/aromatic N) is 2. The van der Waals surface area contributed by atoms with Gasteiger partial charge < -0.3 is 15.4 Å². The van der Waals surface area contributed by atoms with E-state index in [9.17, 15) is 9.59 Å². The van der Waals surface area contributed by atoms with E-state index in [0.29, 0.717) is 23.7 Å². The average Bonchev–Trinajstić information content (AvgIpc) is 2.55. The number of aromatic nitrogens is 2. The number of ether oxygens (including phenoxy) is 1. The number of esters is 1. The molecule has 0 atom stereocenters. The zero-order valence-electron chi connectivity index (χ0n) is 13.9. The van der Waals surface area contributed by atoms with E-state index in [1.54, 1.807) is 43.3 Å². The Labute approximate surface area is 140 Å². The Bertz CT molecular complexity index is 714. The van der Waals surface area contributed by atoms with E-state index in [-0.39, 0.29) is 17.6 Å². The number of carbonyl (C=O) groups excluding carboxylic acids is 2. The molecule has 0 bridgehead atoms. The largest absolute Gasteiger partial charge is 0.462 e. The number of amides is 1. The van der Waals surface area contributed by atoms with Crippen molar-refractivity contribution in [3.63, 3.8) is 0 Å². The zero-order valence-corrected chi connectivity index (χ0v) is 13.9. The molecule has 2 rings (SSSR count). The van der Waals surface area contributed by atoms with Crippen molar-refractivity contribution in [2.45, 2.75) is 26.8 Å². The predicted octanol–water partition coefficient (Wildman–Crippen LogP) is 2.54. The van der Waals surface area contributed by atoms with Crippen LogP contribution in [0.3, 0.4) is 0 Å². The summed E-state index contributed by atoms with van der Waals surface area (Å²) in [7, 11) is 0. The van der Waals surface area contributed by atoms with Crippen LogP contribution in [0, 0.1) is 0 Å². The van der Waals surface area contributed by atoms with E-state index in [2.05, 4.69) is 20.8 Å². The normalized spacial score (nSPS) is 10.3. The van der Waals surface area contributed by atoms with Gasteiger partial charge in [-0.05, 0) is 45.0 Å². The summed E-state index contributed by atoms with van der Waals surface area (Å²) in [6.45, 7) is 5.79. The van der Waals surface area contributed by atoms with Crippen molar-refractivity contribution in [3.05, 3.63) is 47.7 Å². The SMILES string of the molecule is CCOC(=O)c1ccccc1Nc1ccc(C(=O)NC(C)C)nn1. The van der Waals surface area contributed by atoms with Gasteiger partial charge in [-0.3, -0.25) is 4.79 Å². The Morgan fingerprint density at radius 1 is 1.12 bits per heavy atom. The highest BCUT2D eigenvalue weighted by Crippen LogP contribution is 2.20. The summed E-state index contributed by atoms with van der Waals surface area (Å²) in [5.74, 6) is -0.273. The van der Waals surface area contributed by atoms with E-state index in [0.717, 1.165) is 0 Å². The Balaban J connectivity index is 2.15. The van der Waals surface area contributed by atoms with Crippen molar-refractivity contribution >= 4 is 23.4 Å². The first-order valence-electron chi connectivity index (χ1n) is 7.69. The van der Waals surface area contributed by atoms with Crippen LogP contribution in [-0.2, 0) is 4.74 Å².